The van der Waals surface area contributed by atoms with Gasteiger partial charge in [0.2, 0.25) is 0 Å². The Morgan fingerprint density at radius 1 is 1.30 bits per heavy atom. The van der Waals surface area contributed by atoms with Crippen molar-refractivity contribution in [2.24, 2.45) is 0 Å². The number of alkyl halides is 1. The summed E-state index contributed by atoms with van der Waals surface area (Å²) in [5, 5.41) is -0.379. The molecule has 1 aromatic carbocycles. The third kappa shape index (κ3) is 0.557. The Bertz CT molecular complexity index is 293. The number of hydrogen-bond acceptors (Lipinski definition) is 1. The van der Waals surface area contributed by atoms with E-state index in [-0.39, 0.29) is 11.2 Å². The summed E-state index contributed by atoms with van der Waals surface area (Å²) in [5.41, 5.74) is 1.75. The van der Waals surface area contributed by atoms with Crippen molar-refractivity contribution < 1.29 is 4.79 Å². The van der Waals surface area contributed by atoms with Crippen LogP contribution in [-0.4, -0.2) is 5.78 Å². The molecular formula is C8H5ClO. The van der Waals surface area contributed by atoms with Crippen LogP contribution < -0.4 is 0 Å². The summed E-state index contributed by atoms with van der Waals surface area (Å²) >= 11 is 5.68. The maximum absolute atomic E-state index is 10.9. The van der Waals surface area contributed by atoms with Gasteiger partial charge in [0.05, 0.1) is 0 Å². The molecule has 1 aromatic rings. The first-order valence-electron chi connectivity index (χ1n) is 3.08. The van der Waals surface area contributed by atoms with Crippen molar-refractivity contribution in [2.45, 2.75) is 5.38 Å². The number of ketones is 1. The van der Waals surface area contributed by atoms with Gasteiger partial charge in [0.1, 0.15) is 5.38 Å². The van der Waals surface area contributed by atoms with E-state index < -0.39 is 0 Å². The average Bonchev–Trinajstić information content (AvgIpc) is 2.03. The summed E-state index contributed by atoms with van der Waals surface area (Å²) in [5.74, 6) is 0.0530. The van der Waals surface area contributed by atoms with Gasteiger partial charge < -0.3 is 0 Å². The van der Waals surface area contributed by atoms with Gasteiger partial charge in [-0.2, -0.15) is 0 Å². The molecule has 2 rings (SSSR count). The van der Waals surface area contributed by atoms with Crippen LogP contribution in [0, 0.1) is 0 Å². The van der Waals surface area contributed by atoms with E-state index in [1.165, 1.54) is 0 Å². The molecule has 0 aliphatic heterocycles. The largest absolute Gasteiger partial charge is 0.292 e. The lowest BCUT2D eigenvalue weighted by molar-refractivity contribution is 0.0961. The first-order valence-corrected chi connectivity index (χ1v) is 3.51. The maximum Gasteiger partial charge on any atom is 0.185 e. The van der Waals surface area contributed by atoms with Gasteiger partial charge in [-0.15, -0.1) is 11.6 Å². The van der Waals surface area contributed by atoms with Gasteiger partial charge in [0, 0.05) is 5.56 Å². The number of benzene rings is 1. The van der Waals surface area contributed by atoms with Crippen LogP contribution in [0.1, 0.15) is 21.3 Å². The number of hydrogen-bond donors (Lipinski definition) is 0. The number of rotatable bonds is 0. The van der Waals surface area contributed by atoms with Crippen molar-refractivity contribution in [1.82, 2.24) is 0 Å². The lowest BCUT2D eigenvalue weighted by atomic mass is 9.87. The third-order valence-corrected chi connectivity index (χ3v) is 2.16. The fraction of sp³-hybridized carbons (Fsp3) is 0.125. The van der Waals surface area contributed by atoms with E-state index in [0.29, 0.717) is 0 Å². The maximum atomic E-state index is 10.9. The summed E-state index contributed by atoms with van der Waals surface area (Å²) in [7, 11) is 0. The standard InChI is InChI=1S/C8H5ClO/c9-7-5-3-1-2-4-6(5)8(7)10/h1-4,7H/t7-/m0/s1. The lowest BCUT2D eigenvalue weighted by Gasteiger charge is -2.21. The van der Waals surface area contributed by atoms with Crippen LogP contribution in [0.5, 0.6) is 0 Å². The zero-order valence-corrected chi connectivity index (χ0v) is 5.93. The number of carbonyl (C=O) groups excluding carboxylic acids is 1. The molecule has 1 atom stereocenters. The molecule has 0 spiro atoms. The third-order valence-electron chi connectivity index (χ3n) is 1.73. The van der Waals surface area contributed by atoms with Crippen molar-refractivity contribution in [3.63, 3.8) is 0 Å². The molecule has 0 N–H and O–H groups in total. The summed E-state index contributed by atoms with van der Waals surface area (Å²) in [6.07, 6.45) is 0. The molecule has 0 unspecified atom stereocenters. The number of fused-ring (bicyclic) bond motifs is 1. The zero-order chi connectivity index (χ0) is 7.14. The molecule has 0 aromatic heterocycles. The van der Waals surface area contributed by atoms with Gasteiger partial charge >= 0.3 is 0 Å². The molecule has 10 heavy (non-hydrogen) atoms. The van der Waals surface area contributed by atoms with E-state index in [1.54, 1.807) is 6.07 Å². The van der Waals surface area contributed by atoms with E-state index in [0.717, 1.165) is 11.1 Å². The molecule has 1 nitrogen and oxygen atoms in total. The van der Waals surface area contributed by atoms with Gasteiger partial charge in [-0.25, -0.2) is 0 Å². The van der Waals surface area contributed by atoms with Crippen molar-refractivity contribution in [3.8, 4) is 0 Å². The van der Waals surface area contributed by atoms with Crippen LogP contribution in [0.3, 0.4) is 0 Å². The highest BCUT2D eigenvalue weighted by atomic mass is 35.5. The van der Waals surface area contributed by atoms with E-state index in [2.05, 4.69) is 0 Å². The Labute approximate surface area is 63.6 Å². The van der Waals surface area contributed by atoms with E-state index >= 15 is 0 Å². The minimum Gasteiger partial charge on any atom is -0.292 e. The molecule has 0 amide bonds. The minimum absolute atomic E-state index is 0.0530. The van der Waals surface area contributed by atoms with Gasteiger partial charge in [-0.3, -0.25) is 4.79 Å². The average molecular weight is 153 g/mol. The smallest absolute Gasteiger partial charge is 0.185 e. The second kappa shape index (κ2) is 1.83. The monoisotopic (exact) mass is 152 g/mol. The van der Waals surface area contributed by atoms with Gasteiger partial charge in [0.15, 0.2) is 5.78 Å². The number of halogens is 1. The Morgan fingerprint density at radius 3 is 2.70 bits per heavy atom. The van der Waals surface area contributed by atoms with Crippen LogP contribution in [0.25, 0.3) is 0 Å². The molecule has 50 valence electrons. The highest BCUT2D eigenvalue weighted by Gasteiger charge is 2.33. The molecule has 1 aliphatic carbocycles. The lowest BCUT2D eigenvalue weighted by Crippen LogP contribution is -2.21. The van der Waals surface area contributed by atoms with Crippen LogP contribution in [0.15, 0.2) is 24.3 Å². The predicted octanol–water partition coefficient (Wildman–Crippen LogP) is 2.16. The van der Waals surface area contributed by atoms with E-state index in [9.17, 15) is 4.79 Å². The Kier molecular flexibility index (Phi) is 1.08. The van der Waals surface area contributed by atoms with Crippen molar-refractivity contribution >= 4 is 17.4 Å². The Balaban J connectivity index is 2.60. The predicted molar refractivity (Wildman–Crippen MR) is 39.4 cm³/mol. The minimum atomic E-state index is -0.379. The van der Waals surface area contributed by atoms with Crippen molar-refractivity contribution in [1.29, 1.82) is 0 Å². The number of Topliss-reactive ketones (excluding diaryl/α,β-unsaturated/α-hetero) is 1. The zero-order valence-electron chi connectivity index (χ0n) is 5.17. The second-order valence-electron chi connectivity index (χ2n) is 2.31. The van der Waals surface area contributed by atoms with Crippen molar-refractivity contribution in [3.05, 3.63) is 35.4 Å². The normalized spacial score (nSPS) is 21.7. The van der Waals surface area contributed by atoms with Crippen LogP contribution in [0.4, 0.5) is 0 Å². The molecule has 1 aliphatic rings. The molecule has 0 bridgehead atoms. The van der Waals surface area contributed by atoms with Crippen LogP contribution >= 0.6 is 11.6 Å². The summed E-state index contributed by atoms with van der Waals surface area (Å²) in [4.78, 5) is 10.9. The molecule has 2 heteroatoms. The fourth-order valence-electron chi connectivity index (χ4n) is 1.14. The Hall–Kier alpha value is -0.820. The highest BCUT2D eigenvalue weighted by molar-refractivity contribution is 6.38. The molecule has 0 saturated carbocycles. The summed E-state index contributed by atoms with van der Waals surface area (Å²) in [6, 6.07) is 7.42. The first-order chi connectivity index (χ1) is 4.80. The quantitative estimate of drug-likeness (QED) is 0.521. The van der Waals surface area contributed by atoms with Gasteiger partial charge in [0.25, 0.3) is 0 Å². The molecule has 0 fully saturated rings. The van der Waals surface area contributed by atoms with E-state index in [1.807, 2.05) is 18.2 Å². The Morgan fingerprint density at radius 2 is 2.00 bits per heavy atom. The first kappa shape index (κ1) is 5.93. The van der Waals surface area contributed by atoms with Crippen LogP contribution in [0.2, 0.25) is 0 Å². The summed E-state index contributed by atoms with van der Waals surface area (Å²) in [6.45, 7) is 0. The van der Waals surface area contributed by atoms with Gasteiger partial charge in [-0.05, 0) is 5.56 Å². The van der Waals surface area contributed by atoms with Crippen LogP contribution in [-0.2, 0) is 0 Å². The second-order valence-corrected chi connectivity index (χ2v) is 2.75. The van der Waals surface area contributed by atoms with Gasteiger partial charge in [-0.1, -0.05) is 24.3 Å². The fourth-order valence-corrected chi connectivity index (χ4v) is 1.45. The number of carbonyl (C=O) groups is 1. The van der Waals surface area contributed by atoms with E-state index in [4.69, 9.17) is 11.6 Å². The SMILES string of the molecule is O=C1c2ccccc2[C@@H]1Cl. The molecule has 0 radical (unpaired) electrons. The topological polar surface area (TPSA) is 17.1 Å². The van der Waals surface area contributed by atoms with Crippen molar-refractivity contribution in [2.75, 3.05) is 0 Å². The molecular weight excluding hydrogens is 148 g/mol. The highest BCUT2D eigenvalue weighted by Crippen LogP contribution is 2.37. The molecule has 0 heterocycles. The summed E-state index contributed by atoms with van der Waals surface area (Å²) < 4.78 is 0. The molecule has 0 saturated heterocycles.